The maximum absolute atomic E-state index is 12.2. The maximum Gasteiger partial charge on any atom is 0.252 e. The molecule has 7 nitrogen and oxygen atoms in total. The smallest absolute Gasteiger partial charge is 0.252 e. The highest BCUT2D eigenvalue weighted by molar-refractivity contribution is 6.11. The second-order valence-corrected chi connectivity index (χ2v) is 7.43. The highest BCUT2D eigenvalue weighted by Crippen LogP contribution is 2.47. The zero-order valence-corrected chi connectivity index (χ0v) is 14.2. The molecule has 0 radical (unpaired) electrons. The molecular weight excluding hydrogens is 318 g/mol. The van der Waals surface area contributed by atoms with Crippen LogP contribution in [0.3, 0.4) is 0 Å². The molecule has 2 fully saturated rings. The number of nitrogens with zero attached hydrogens (tertiary/aromatic N) is 3. The molecule has 2 aliphatic rings. The third kappa shape index (κ3) is 2.45. The Balaban J connectivity index is 1.92. The summed E-state index contributed by atoms with van der Waals surface area (Å²) in [7, 11) is 0. The molecule has 130 valence electrons. The molecule has 7 heteroatoms. The van der Waals surface area contributed by atoms with Crippen LogP contribution in [0, 0.1) is 11.8 Å². The fraction of sp³-hybridized carbons (Fsp3) is 0.500. The number of primary amides is 1. The number of rotatable bonds is 3. The van der Waals surface area contributed by atoms with E-state index < -0.39 is 11.5 Å². The van der Waals surface area contributed by atoms with E-state index in [1.165, 1.54) is 6.33 Å². The Hall–Kier alpha value is -2.59. The Kier molecular flexibility index (Phi) is 3.31. The Morgan fingerprint density at radius 1 is 1.36 bits per heavy atom. The molecule has 2 saturated carbocycles. The summed E-state index contributed by atoms with van der Waals surface area (Å²) in [5.74, 6) is 5.75. The predicted octanol–water partition coefficient (Wildman–Crippen LogP) is 1.28. The molecule has 0 saturated heterocycles. The Labute approximate surface area is 145 Å². The molecule has 0 atom stereocenters. The number of nitrogen functional groups attached to an aromatic ring is 1. The fourth-order valence-electron chi connectivity index (χ4n) is 3.48. The monoisotopic (exact) mass is 339 g/mol. The van der Waals surface area contributed by atoms with Gasteiger partial charge in [-0.1, -0.05) is 5.92 Å². The number of hydrogen-bond acceptors (Lipinski definition) is 5. The van der Waals surface area contributed by atoms with Gasteiger partial charge in [0.1, 0.15) is 23.5 Å². The van der Waals surface area contributed by atoms with Crippen LogP contribution in [0.25, 0.3) is 11.0 Å². The van der Waals surface area contributed by atoms with Gasteiger partial charge in [-0.2, -0.15) is 0 Å². The van der Waals surface area contributed by atoms with E-state index in [-0.39, 0.29) is 16.9 Å². The second kappa shape index (κ2) is 5.20. The molecule has 2 aromatic rings. The normalized spacial score (nSPS) is 19.8. The SMILES string of the molecule is CC1(n2c(C#CCC3(O)CCC3)c(C(N)=O)c3c(N)ncnc32)CC1. The number of anilines is 1. The average Bonchev–Trinajstić information content (AvgIpc) is 3.16. The molecule has 2 heterocycles. The number of hydrogen-bond donors (Lipinski definition) is 3. The summed E-state index contributed by atoms with van der Waals surface area (Å²) < 4.78 is 1.97. The Morgan fingerprint density at radius 2 is 2.08 bits per heavy atom. The van der Waals surface area contributed by atoms with Crippen molar-refractivity contribution in [3.05, 3.63) is 17.6 Å². The number of carbonyl (C=O) groups is 1. The van der Waals surface area contributed by atoms with Crippen molar-refractivity contribution in [2.75, 3.05) is 5.73 Å². The maximum atomic E-state index is 12.2. The van der Waals surface area contributed by atoms with Crippen molar-refractivity contribution in [2.24, 2.45) is 5.73 Å². The number of fused-ring (bicyclic) bond motifs is 1. The fourth-order valence-corrected chi connectivity index (χ4v) is 3.48. The first-order valence-electron chi connectivity index (χ1n) is 8.51. The van der Waals surface area contributed by atoms with Crippen LogP contribution in [0.4, 0.5) is 5.82 Å². The molecule has 0 bridgehead atoms. The average molecular weight is 339 g/mol. The first-order chi connectivity index (χ1) is 11.8. The minimum atomic E-state index is -0.695. The van der Waals surface area contributed by atoms with Crippen LogP contribution >= 0.6 is 0 Å². The number of aliphatic hydroxyl groups is 1. The quantitative estimate of drug-likeness (QED) is 0.728. The first-order valence-corrected chi connectivity index (χ1v) is 8.51. The van der Waals surface area contributed by atoms with Gasteiger partial charge in [0.25, 0.3) is 5.91 Å². The van der Waals surface area contributed by atoms with Gasteiger partial charge in [0.05, 0.1) is 16.6 Å². The van der Waals surface area contributed by atoms with Gasteiger partial charge >= 0.3 is 0 Å². The molecule has 2 aromatic heterocycles. The summed E-state index contributed by atoms with van der Waals surface area (Å²) in [4.78, 5) is 20.5. The molecular formula is C18H21N5O2. The van der Waals surface area contributed by atoms with Crippen LogP contribution in [0.5, 0.6) is 0 Å². The number of carbonyl (C=O) groups excluding carboxylic acids is 1. The van der Waals surface area contributed by atoms with E-state index in [1.54, 1.807) is 0 Å². The molecule has 5 N–H and O–H groups in total. The minimum absolute atomic E-state index is 0.149. The van der Waals surface area contributed by atoms with Crippen molar-refractivity contribution in [3.8, 4) is 11.8 Å². The minimum Gasteiger partial charge on any atom is -0.389 e. The molecule has 1 amide bonds. The highest BCUT2D eigenvalue weighted by atomic mass is 16.3. The van der Waals surface area contributed by atoms with E-state index in [4.69, 9.17) is 11.5 Å². The van der Waals surface area contributed by atoms with Crippen LogP contribution in [0.1, 0.15) is 61.5 Å². The van der Waals surface area contributed by atoms with Crippen LogP contribution in [0.15, 0.2) is 6.33 Å². The third-order valence-corrected chi connectivity index (χ3v) is 5.45. The van der Waals surface area contributed by atoms with Crippen molar-refractivity contribution in [1.82, 2.24) is 14.5 Å². The lowest BCUT2D eigenvalue weighted by atomic mass is 9.78. The summed E-state index contributed by atoms with van der Waals surface area (Å²) >= 11 is 0. The summed E-state index contributed by atoms with van der Waals surface area (Å²) in [5, 5.41) is 10.7. The van der Waals surface area contributed by atoms with E-state index in [1.807, 2.05) is 4.57 Å². The largest absolute Gasteiger partial charge is 0.389 e. The first kappa shape index (κ1) is 15.9. The summed E-state index contributed by atoms with van der Waals surface area (Å²) in [6, 6.07) is 0. The van der Waals surface area contributed by atoms with E-state index in [0.717, 1.165) is 32.1 Å². The zero-order chi connectivity index (χ0) is 17.8. The molecule has 0 spiro atoms. The van der Waals surface area contributed by atoms with Crippen LogP contribution in [-0.4, -0.2) is 31.1 Å². The van der Waals surface area contributed by atoms with E-state index >= 15 is 0 Å². The van der Waals surface area contributed by atoms with Crippen LogP contribution < -0.4 is 11.5 Å². The summed E-state index contributed by atoms with van der Waals surface area (Å²) in [6.45, 7) is 2.10. The van der Waals surface area contributed by atoms with Gasteiger partial charge in [-0.25, -0.2) is 9.97 Å². The summed E-state index contributed by atoms with van der Waals surface area (Å²) in [5.41, 5.74) is 12.2. The van der Waals surface area contributed by atoms with E-state index in [9.17, 15) is 9.90 Å². The number of amides is 1. The topological polar surface area (TPSA) is 120 Å². The molecule has 25 heavy (non-hydrogen) atoms. The molecule has 2 aliphatic carbocycles. The molecule has 0 aliphatic heterocycles. The van der Waals surface area contributed by atoms with Gasteiger partial charge in [0.2, 0.25) is 0 Å². The van der Waals surface area contributed by atoms with E-state index in [2.05, 4.69) is 28.7 Å². The van der Waals surface area contributed by atoms with Crippen molar-refractivity contribution < 1.29 is 9.90 Å². The lowest BCUT2D eigenvalue weighted by molar-refractivity contribution is -0.0280. The van der Waals surface area contributed by atoms with Crippen LogP contribution in [0.2, 0.25) is 0 Å². The van der Waals surface area contributed by atoms with Gasteiger partial charge in [-0.05, 0) is 44.9 Å². The van der Waals surface area contributed by atoms with Gasteiger partial charge in [0.15, 0.2) is 0 Å². The predicted molar refractivity (Wildman–Crippen MR) is 93.6 cm³/mol. The standard InChI is InChI=1S/C18H21N5O2/c1-17(8-9-17)23-11(4-2-5-18(25)6-3-7-18)12(15(20)24)13-14(19)21-10-22-16(13)23/h10,25H,3,5-9H2,1H3,(H2,20,24)(H2,19,21,22). The van der Waals surface area contributed by atoms with Crippen molar-refractivity contribution in [3.63, 3.8) is 0 Å². The molecule has 4 rings (SSSR count). The third-order valence-electron chi connectivity index (χ3n) is 5.45. The lowest BCUT2D eigenvalue weighted by Crippen LogP contribution is -2.35. The van der Waals surface area contributed by atoms with E-state index in [0.29, 0.717) is 23.1 Å². The number of nitrogens with two attached hydrogens (primary N) is 2. The summed E-state index contributed by atoms with van der Waals surface area (Å²) in [6.07, 6.45) is 6.26. The molecule has 0 aromatic carbocycles. The Morgan fingerprint density at radius 3 is 2.64 bits per heavy atom. The number of aromatic nitrogens is 3. The highest BCUT2D eigenvalue weighted by Gasteiger charge is 2.43. The van der Waals surface area contributed by atoms with Crippen molar-refractivity contribution >= 4 is 22.8 Å². The molecule has 0 unspecified atom stereocenters. The Bertz CT molecular complexity index is 942. The zero-order valence-electron chi connectivity index (χ0n) is 14.2. The second-order valence-electron chi connectivity index (χ2n) is 7.43. The van der Waals surface area contributed by atoms with Crippen LogP contribution in [-0.2, 0) is 5.54 Å². The van der Waals surface area contributed by atoms with Crippen molar-refractivity contribution in [2.45, 2.75) is 56.6 Å². The van der Waals surface area contributed by atoms with Crippen molar-refractivity contribution in [1.29, 1.82) is 0 Å². The van der Waals surface area contributed by atoms with Gasteiger partial charge < -0.3 is 21.1 Å². The van der Waals surface area contributed by atoms with Gasteiger partial charge in [0, 0.05) is 12.0 Å². The van der Waals surface area contributed by atoms with Gasteiger partial charge in [-0.3, -0.25) is 4.79 Å². The lowest BCUT2D eigenvalue weighted by Gasteiger charge is -2.34. The van der Waals surface area contributed by atoms with Gasteiger partial charge in [-0.15, -0.1) is 0 Å².